The number of carbonyl (C=O) groups is 2. The summed E-state index contributed by atoms with van der Waals surface area (Å²) in [4.78, 5) is 29.3. The van der Waals surface area contributed by atoms with E-state index in [0.717, 1.165) is 36.8 Å². The molecular formula is C28H37N3O5S. The average molecular weight is 528 g/mol. The van der Waals surface area contributed by atoms with Crippen molar-refractivity contribution in [2.75, 3.05) is 16.3 Å². The molecule has 0 saturated heterocycles. The molecule has 8 nitrogen and oxygen atoms in total. The van der Waals surface area contributed by atoms with Crippen LogP contribution in [-0.2, 0) is 19.6 Å². The second-order valence-electron chi connectivity index (χ2n) is 11.1. The Morgan fingerprint density at radius 3 is 2.16 bits per heavy atom. The molecule has 200 valence electrons. The predicted octanol–water partition coefficient (Wildman–Crippen LogP) is 5.46. The minimum Gasteiger partial charge on any atom is -0.446 e. The first-order chi connectivity index (χ1) is 17.4. The molecule has 1 fully saturated rings. The van der Waals surface area contributed by atoms with E-state index in [-0.39, 0.29) is 22.9 Å². The summed E-state index contributed by atoms with van der Waals surface area (Å²) in [7, 11) is -3.65. The molecule has 1 heterocycles. The third-order valence-electron chi connectivity index (χ3n) is 6.73. The van der Waals surface area contributed by atoms with Gasteiger partial charge in [0.15, 0.2) is 0 Å². The number of carbonyl (C=O) groups excluding carboxylic acids is 2. The molecule has 1 N–H and O–H groups in total. The van der Waals surface area contributed by atoms with Crippen molar-refractivity contribution < 1.29 is 22.7 Å². The summed E-state index contributed by atoms with van der Waals surface area (Å²) in [5.74, 6) is -0.0947. The second-order valence-corrected chi connectivity index (χ2v) is 12.8. The van der Waals surface area contributed by atoms with Crippen LogP contribution in [0.1, 0.15) is 66.7 Å². The van der Waals surface area contributed by atoms with E-state index in [4.69, 9.17) is 4.74 Å². The van der Waals surface area contributed by atoms with Crippen LogP contribution < -0.4 is 14.5 Å². The Morgan fingerprint density at radius 2 is 1.57 bits per heavy atom. The number of nitrogens with zero attached hydrogens (tertiary/aromatic N) is 2. The van der Waals surface area contributed by atoms with Gasteiger partial charge < -0.3 is 9.64 Å². The van der Waals surface area contributed by atoms with Crippen LogP contribution in [0.15, 0.2) is 47.4 Å². The number of sulfonamides is 1. The monoisotopic (exact) mass is 527 g/mol. The molecule has 37 heavy (non-hydrogen) atoms. The Kier molecular flexibility index (Phi) is 7.67. The third-order valence-corrected chi connectivity index (χ3v) is 8.51. The van der Waals surface area contributed by atoms with Gasteiger partial charge >= 0.3 is 6.09 Å². The van der Waals surface area contributed by atoms with Crippen LogP contribution in [0.5, 0.6) is 0 Å². The van der Waals surface area contributed by atoms with Crippen molar-refractivity contribution >= 4 is 33.4 Å². The summed E-state index contributed by atoms with van der Waals surface area (Å²) in [5, 5.41) is 0. The van der Waals surface area contributed by atoms with Gasteiger partial charge in [0.2, 0.25) is 15.9 Å². The highest BCUT2D eigenvalue weighted by Crippen LogP contribution is 2.39. The third kappa shape index (κ3) is 6.15. The molecular weight excluding hydrogens is 490 g/mol. The predicted molar refractivity (Wildman–Crippen MR) is 145 cm³/mol. The number of fused-ring (bicyclic) bond motifs is 1. The van der Waals surface area contributed by atoms with E-state index in [9.17, 15) is 18.0 Å². The van der Waals surface area contributed by atoms with Gasteiger partial charge in [-0.05, 0) is 88.8 Å². The number of hydrogen-bond donors (Lipinski definition) is 1. The summed E-state index contributed by atoms with van der Waals surface area (Å²) in [6.07, 6.45) is 4.57. The minimum absolute atomic E-state index is 0.0785. The molecule has 1 unspecified atom stereocenters. The maximum Gasteiger partial charge on any atom is 0.414 e. The van der Waals surface area contributed by atoms with Crippen LogP contribution in [-0.4, -0.2) is 44.6 Å². The Bertz CT molecular complexity index is 1260. The molecule has 2 aliphatic rings. The van der Waals surface area contributed by atoms with Crippen molar-refractivity contribution in [3.05, 3.63) is 42.5 Å². The molecule has 1 atom stereocenters. The van der Waals surface area contributed by atoms with Crippen molar-refractivity contribution in [2.24, 2.45) is 0 Å². The van der Waals surface area contributed by atoms with Gasteiger partial charge in [-0.25, -0.2) is 17.9 Å². The van der Waals surface area contributed by atoms with Crippen molar-refractivity contribution in [2.45, 2.75) is 89.3 Å². The first kappa shape index (κ1) is 27.1. The molecule has 4 rings (SSSR count). The van der Waals surface area contributed by atoms with Gasteiger partial charge in [0, 0.05) is 19.0 Å². The first-order valence-electron chi connectivity index (χ1n) is 12.9. The van der Waals surface area contributed by atoms with Gasteiger partial charge in [-0.3, -0.25) is 9.69 Å². The van der Waals surface area contributed by atoms with Gasteiger partial charge in [0.25, 0.3) is 0 Å². The highest BCUT2D eigenvalue weighted by molar-refractivity contribution is 7.89. The number of hydrogen-bond acceptors (Lipinski definition) is 5. The number of benzene rings is 2. The summed E-state index contributed by atoms with van der Waals surface area (Å²) in [6, 6.07) is 12.0. The van der Waals surface area contributed by atoms with Gasteiger partial charge in [0.1, 0.15) is 6.10 Å². The van der Waals surface area contributed by atoms with Crippen LogP contribution in [0.4, 0.5) is 16.2 Å². The zero-order valence-corrected chi connectivity index (χ0v) is 23.1. The molecule has 0 radical (unpaired) electrons. The van der Waals surface area contributed by atoms with Crippen molar-refractivity contribution in [3.63, 3.8) is 0 Å². The summed E-state index contributed by atoms with van der Waals surface area (Å²) < 4.78 is 33.9. The van der Waals surface area contributed by atoms with E-state index < -0.39 is 21.7 Å². The van der Waals surface area contributed by atoms with Crippen LogP contribution in [0.25, 0.3) is 11.1 Å². The largest absolute Gasteiger partial charge is 0.446 e. The van der Waals surface area contributed by atoms with Crippen molar-refractivity contribution in [1.82, 2.24) is 4.72 Å². The molecule has 2 aromatic rings. The quantitative estimate of drug-likeness (QED) is 0.570. The van der Waals surface area contributed by atoms with E-state index in [1.165, 1.54) is 13.3 Å². The molecule has 0 bridgehead atoms. The van der Waals surface area contributed by atoms with E-state index >= 15 is 0 Å². The SMILES string of the molecule is CC(=O)N1c2ccc(-c3ccc(S(=O)(=O)NC(C)(C)C)cc3)cc2N(C(=O)OC2CCCCC2)CC1C. The highest BCUT2D eigenvalue weighted by atomic mass is 32.2. The maximum absolute atomic E-state index is 13.3. The molecule has 1 aliphatic carbocycles. The van der Waals surface area contributed by atoms with Gasteiger partial charge in [-0.2, -0.15) is 0 Å². The van der Waals surface area contributed by atoms with Crippen molar-refractivity contribution in [1.29, 1.82) is 0 Å². The summed E-state index contributed by atoms with van der Waals surface area (Å²) in [6.45, 7) is 9.16. The fourth-order valence-corrected chi connectivity index (χ4v) is 6.55. The number of amides is 2. The van der Waals surface area contributed by atoms with E-state index in [1.54, 1.807) is 54.8 Å². The molecule has 0 aromatic heterocycles. The molecule has 1 aliphatic heterocycles. The number of anilines is 2. The lowest BCUT2D eigenvalue weighted by Gasteiger charge is -2.41. The topological polar surface area (TPSA) is 96.0 Å². The highest BCUT2D eigenvalue weighted by Gasteiger charge is 2.35. The lowest BCUT2D eigenvalue weighted by molar-refractivity contribution is -0.117. The smallest absolute Gasteiger partial charge is 0.414 e. The standard InChI is InChI=1S/C28H37N3O5S/c1-19-18-30(27(33)36-23-9-7-6-8-10-23)26-17-22(13-16-25(26)31(19)20(2)32)21-11-14-24(15-12-21)37(34,35)29-28(3,4)5/h11-17,19,23,29H,6-10,18H2,1-5H3. The van der Waals surface area contributed by atoms with Gasteiger partial charge in [-0.15, -0.1) is 0 Å². The van der Waals surface area contributed by atoms with Crippen LogP contribution in [0.3, 0.4) is 0 Å². The molecule has 2 amide bonds. The molecule has 1 saturated carbocycles. The van der Waals surface area contributed by atoms with Gasteiger partial charge in [-0.1, -0.05) is 24.6 Å². The molecule has 9 heteroatoms. The number of nitrogens with one attached hydrogen (secondary N) is 1. The Balaban J connectivity index is 1.67. The van der Waals surface area contributed by atoms with E-state index in [0.29, 0.717) is 17.9 Å². The van der Waals surface area contributed by atoms with Crippen LogP contribution >= 0.6 is 0 Å². The lowest BCUT2D eigenvalue weighted by Crippen LogP contribution is -2.52. The van der Waals surface area contributed by atoms with E-state index in [2.05, 4.69) is 4.72 Å². The number of rotatable bonds is 4. The zero-order valence-electron chi connectivity index (χ0n) is 22.3. The van der Waals surface area contributed by atoms with Gasteiger partial charge in [0.05, 0.1) is 22.3 Å². The first-order valence-corrected chi connectivity index (χ1v) is 14.4. The normalized spacial score (nSPS) is 18.9. The summed E-state index contributed by atoms with van der Waals surface area (Å²) >= 11 is 0. The van der Waals surface area contributed by atoms with Crippen LogP contribution in [0, 0.1) is 0 Å². The minimum atomic E-state index is -3.65. The molecule has 2 aromatic carbocycles. The Morgan fingerprint density at radius 1 is 0.946 bits per heavy atom. The fourth-order valence-electron chi connectivity index (χ4n) is 5.14. The second kappa shape index (κ2) is 10.5. The maximum atomic E-state index is 13.3. The Hall–Kier alpha value is -2.91. The molecule has 0 spiro atoms. The van der Waals surface area contributed by atoms with E-state index in [1.807, 2.05) is 25.1 Å². The Labute approximate surface area is 220 Å². The summed E-state index contributed by atoms with van der Waals surface area (Å²) in [5.41, 5.74) is 2.28. The zero-order chi connectivity index (χ0) is 27.0. The van der Waals surface area contributed by atoms with Crippen LogP contribution in [0.2, 0.25) is 0 Å². The van der Waals surface area contributed by atoms with Crippen molar-refractivity contribution in [3.8, 4) is 11.1 Å². The number of ether oxygens (including phenoxy) is 1. The average Bonchev–Trinajstić information content (AvgIpc) is 2.82. The fraction of sp³-hybridized carbons (Fsp3) is 0.500. The lowest BCUT2D eigenvalue weighted by atomic mass is 9.98.